The first-order chi connectivity index (χ1) is 18.9. The Hall–Kier alpha value is -3.12. The molecule has 0 aliphatic heterocycles. The molecule has 0 atom stereocenters. The smallest absolute Gasteiger partial charge is 0.0305 e. The fraction of sp³-hybridized carbons (Fsp3) is 0.400. The van der Waals surface area contributed by atoms with Gasteiger partial charge in [-0.25, -0.2) is 0 Å². The zero-order valence-corrected chi connectivity index (χ0v) is 27.8. The van der Waals surface area contributed by atoms with E-state index in [0.29, 0.717) is 0 Å². The van der Waals surface area contributed by atoms with E-state index >= 15 is 0 Å². The van der Waals surface area contributed by atoms with Crippen LogP contribution in [-0.4, -0.2) is 0 Å². The van der Waals surface area contributed by atoms with Crippen LogP contribution in [0.3, 0.4) is 0 Å². The van der Waals surface area contributed by atoms with Gasteiger partial charge in [0.1, 0.15) is 0 Å². The van der Waals surface area contributed by atoms with Gasteiger partial charge < -0.3 is 0 Å². The van der Waals surface area contributed by atoms with Crippen molar-refractivity contribution in [2.24, 2.45) is 0 Å². The first-order valence-electron chi connectivity index (χ1n) is 15.2. The Labute approximate surface area is 247 Å². The molecule has 0 saturated heterocycles. The fourth-order valence-corrected chi connectivity index (χ4v) is 4.72. The number of benzene rings is 4. The summed E-state index contributed by atoms with van der Waals surface area (Å²) in [5.41, 5.74) is 16.9. The minimum Gasteiger partial charge on any atom is -0.0613 e. The summed E-state index contributed by atoms with van der Waals surface area (Å²) >= 11 is 0. The van der Waals surface area contributed by atoms with Crippen molar-refractivity contribution in [3.05, 3.63) is 140 Å². The number of aryl methyl sites for hydroxylation is 12. The molecule has 4 aromatic rings. The predicted molar refractivity (Wildman–Crippen MR) is 181 cm³/mol. The molecule has 0 nitrogen and oxygen atoms in total. The zero-order valence-electron chi connectivity index (χ0n) is 27.8. The summed E-state index contributed by atoms with van der Waals surface area (Å²) in [6.45, 7) is 26.0. The van der Waals surface area contributed by atoms with Crippen LogP contribution in [0.2, 0.25) is 0 Å². The molecule has 0 spiro atoms. The van der Waals surface area contributed by atoms with E-state index in [1.54, 1.807) is 0 Å². The maximum Gasteiger partial charge on any atom is -0.0305 e. The van der Waals surface area contributed by atoms with Crippen LogP contribution in [0.1, 0.15) is 94.5 Å². The van der Waals surface area contributed by atoms with Crippen molar-refractivity contribution >= 4 is 0 Å². The Kier molecular flexibility index (Phi) is 15.9. The second-order valence-corrected chi connectivity index (χ2v) is 11.2. The molecule has 216 valence electrons. The van der Waals surface area contributed by atoms with Crippen LogP contribution in [0.4, 0.5) is 0 Å². The Morgan fingerprint density at radius 2 is 0.850 bits per heavy atom. The van der Waals surface area contributed by atoms with Gasteiger partial charge in [0.15, 0.2) is 0 Å². The molecule has 0 heteroatoms. The van der Waals surface area contributed by atoms with Gasteiger partial charge in [0, 0.05) is 0 Å². The standard InChI is InChI=1S/4C10H14/c1-4-10-6-8(2)5-9(3)7-10;1-4-10-6-5-8(2)9(3)7-10;1-4-10-6-5-8(2)7-9(10)3;1-4-10-7-8(2)5-6-9(10)3/h4*5-7H,4H2,1-3H3. The van der Waals surface area contributed by atoms with E-state index in [1.165, 1.54) is 66.8 Å². The lowest BCUT2D eigenvalue weighted by atomic mass is 10.0. The van der Waals surface area contributed by atoms with E-state index in [9.17, 15) is 0 Å². The molecule has 0 heterocycles. The summed E-state index contributed by atoms with van der Waals surface area (Å²) in [5, 5.41) is 0. The number of rotatable bonds is 4. The molecule has 0 aliphatic carbocycles. The maximum atomic E-state index is 2.26. The van der Waals surface area contributed by atoms with Gasteiger partial charge in [-0.05, 0) is 126 Å². The largest absolute Gasteiger partial charge is 0.0613 e. The first kappa shape index (κ1) is 34.9. The summed E-state index contributed by atoms with van der Waals surface area (Å²) in [7, 11) is 0. The van der Waals surface area contributed by atoms with Gasteiger partial charge in [-0.15, -0.1) is 0 Å². The Morgan fingerprint density at radius 3 is 1.32 bits per heavy atom. The molecule has 0 saturated carbocycles. The number of hydrogen-bond acceptors (Lipinski definition) is 0. The van der Waals surface area contributed by atoms with Crippen LogP contribution >= 0.6 is 0 Å². The van der Waals surface area contributed by atoms with Crippen molar-refractivity contribution in [2.75, 3.05) is 0 Å². The molecule has 0 amide bonds. The van der Waals surface area contributed by atoms with Crippen molar-refractivity contribution < 1.29 is 0 Å². The van der Waals surface area contributed by atoms with Gasteiger partial charge in [0.05, 0.1) is 0 Å². The Bertz CT molecular complexity index is 1290. The Balaban J connectivity index is 0.000000267. The van der Waals surface area contributed by atoms with Gasteiger partial charge in [0.2, 0.25) is 0 Å². The third-order valence-electron chi connectivity index (χ3n) is 7.43. The van der Waals surface area contributed by atoms with Crippen LogP contribution in [0.5, 0.6) is 0 Å². The second kappa shape index (κ2) is 18.3. The van der Waals surface area contributed by atoms with Crippen molar-refractivity contribution in [1.82, 2.24) is 0 Å². The second-order valence-electron chi connectivity index (χ2n) is 11.2. The quantitative estimate of drug-likeness (QED) is 0.243. The van der Waals surface area contributed by atoms with Crippen molar-refractivity contribution in [1.29, 1.82) is 0 Å². The molecule has 0 aliphatic rings. The first-order valence-corrected chi connectivity index (χ1v) is 15.2. The lowest BCUT2D eigenvalue weighted by Crippen LogP contribution is -1.86. The molecule has 0 aromatic heterocycles. The van der Waals surface area contributed by atoms with Crippen LogP contribution in [0, 0.1) is 55.4 Å². The average Bonchev–Trinajstić information content (AvgIpc) is 2.92. The van der Waals surface area contributed by atoms with Crippen LogP contribution in [-0.2, 0) is 25.7 Å². The van der Waals surface area contributed by atoms with Gasteiger partial charge in [-0.3, -0.25) is 0 Å². The highest BCUT2D eigenvalue weighted by atomic mass is 14.0. The van der Waals surface area contributed by atoms with E-state index in [2.05, 4.69) is 156 Å². The molecule has 0 bridgehead atoms. The third kappa shape index (κ3) is 12.8. The monoisotopic (exact) mass is 536 g/mol. The van der Waals surface area contributed by atoms with E-state index in [4.69, 9.17) is 0 Å². The maximum absolute atomic E-state index is 2.26. The van der Waals surface area contributed by atoms with Gasteiger partial charge in [0.25, 0.3) is 0 Å². The molecule has 0 radical (unpaired) electrons. The Morgan fingerprint density at radius 1 is 0.325 bits per heavy atom. The van der Waals surface area contributed by atoms with Crippen molar-refractivity contribution in [3.63, 3.8) is 0 Å². The molecular weight excluding hydrogens is 480 g/mol. The summed E-state index contributed by atoms with van der Waals surface area (Å²) in [4.78, 5) is 0. The molecule has 0 fully saturated rings. The normalized spacial score (nSPS) is 9.90. The summed E-state index contributed by atoms with van der Waals surface area (Å²) in [6.07, 6.45) is 4.57. The summed E-state index contributed by atoms with van der Waals surface area (Å²) in [5.74, 6) is 0. The minimum absolute atomic E-state index is 1.14. The van der Waals surface area contributed by atoms with E-state index in [0.717, 1.165) is 25.7 Å². The van der Waals surface area contributed by atoms with Crippen LogP contribution in [0.15, 0.2) is 72.8 Å². The van der Waals surface area contributed by atoms with Gasteiger partial charge in [-0.2, -0.15) is 0 Å². The zero-order chi connectivity index (χ0) is 30.2. The number of hydrogen-bond donors (Lipinski definition) is 0. The lowest BCUT2D eigenvalue weighted by Gasteiger charge is -2.02. The summed E-state index contributed by atoms with van der Waals surface area (Å²) < 4.78 is 0. The molecule has 40 heavy (non-hydrogen) atoms. The van der Waals surface area contributed by atoms with Crippen molar-refractivity contribution in [2.45, 2.75) is 109 Å². The third-order valence-corrected chi connectivity index (χ3v) is 7.43. The van der Waals surface area contributed by atoms with Gasteiger partial charge >= 0.3 is 0 Å². The van der Waals surface area contributed by atoms with E-state index < -0.39 is 0 Å². The minimum atomic E-state index is 1.14. The highest BCUT2D eigenvalue weighted by molar-refractivity contribution is 5.32. The SMILES string of the molecule is CCc1cc(C)cc(C)c1.CCc1cc(C)ccc1C.CCc1ccc(C)c(C)c1.CCc1ccc(C)cc1C. The van der Waals surface area contributed by atoms with Gasteiger partial charge in [-0.1, -0.05) is 123 Å². The lowest BCUT2D eigenvalue weighted by molar-refractivity contribution is 1.10. The van der Waals surface area contributed by atoms with E-state index in [-0.39, 0.29) is 0 Å². The molecule has 0 unspecified atom stereocenters. The molecule has 4 rings (SSSR count). The molecule has 4 aromatic carbocycles. The van der Waals surface area contributed by atoms with Crippen LogP contribution in [0.25, 0.3) is 0 Å². The van der Waals surface area contributed by atoms with Crippen LogP contribution < -0.4 is 0 Å². The molecule has 0 N–H and O–H groups in total. The highest BCUT2D eigenvalue weighted by Gasteiger charge is 1.95. The fourth-order valence-electron chi connectivity index (χ4n) is 4.72. The van der Waals surface area contributed by atoms with E-state index in [1.807, 2.05) is 0 Å². The van der Waals surface area contributed by atoms with Crippen molar-refractivity contribution in [3.8, 4) is 0 Å². The molecular formula is C40H56. The highest BCUT2D eigenvalue weighted by Crippen LogP contribution is 2.12. The average molecular weight is 537 g/mol. The summed E-state index contributed by atoms with van der Waals surface area (Å²) in [6, 6.07) is 26.6. The topological polar surface area (TPSA) is 0 Å². The predicted octanol–water partition coefficient (Wildman–Crippen LogP) is 11.5.